The summed E-state index contributed by atoms with van der Waals surface area (Å²) < 4.78 is 1.61. The molecule has 8 heteroatoms. The molecule has 6 rings (SSSR count). The van der Waals surface area contributed by atoms with E-state index in [1.54, 1.807) is 15.9 Å². The van der Waals surface area contributed by atoms with Gasteiger partial charge >= 0.3 is 5.69 Å². The molecule has 2 aromatic carbocycles. The van der Waals surface area contributed by atoms with E-state index in [9.17, 15) is 9.59 Å². The highest BCUT2D eigenvalue weighted by molar-refractivity contribution is 7.09. The summed E-state index contributed by atoms with van der Waals surface area (Å²) in [5, 5.41) is 13.4. The number of aryl methyl sites for hydroxylation is 1. The van der Waals surface area contributed by atoms with Crippen LogP contribution in [0, 0.1) is 18.3 Å². The molecule has 2 N–H and O–H groups in total. The number of carbonyl (C=O) groups excluding carboxylic acids is 1. The Labute approximate surface area is 207 Å². The van der Waals surface area contributed by atoms with E-state index in [0.29, 0.717) is 24.6 Å². The van der Waals surface area contributed by atoms with Gasteiger partial charge in [0.25, 0.3) is 0 Å². The zero-order chi connectivity index (χ0) is 24.0. The van der Waals surface area contributed by atoms with Gasteiger partial charge in [-0.25, -0.2) is 19.4 Å². The van der Waals surface area contributed by atoms with Crippen molar-refractivity contribution in [1.82, 2.24) is 25.1 Å². The van der Waals surface area contributed by atoms with E-state index in [2.05, 4.69) is 50.1 Å². The highest BCUT2D eigenvalue weighted by Crippen LogP contribution is 2.42. The summed E-state index contributed by atoms with van der Waals surface area (Å²) in [5.74, 6) is 1.12. The molecule has 7 nitrogen and oxygen atoms in total. The average Bonchev–Trinajstić information content (AvgIpc) is 3.27. The highest BCUT2D eigenvalue weighted by Gasteiger charge is 2.48. The number of carbonyl (C=O) groups is 1. The van der Waals surface area contributed by atoms with E-state index in [4.69, 9.17) is 0 Å². The molecule has 2 fully saturated rings. The van der Waals surface area contributed by atoms with Crippen molar-refractivity contribution in [2.24, 2.45) is 11.3 Å². The molecule has 1 atom stereocenters. The molecule has 1 aliphatic carbocycles. The third kappa shape index (κ3) is 4.17. The maximum absolute atomic E-state index is 13.1. The second kappa shape index (κ2) is 8.70. The SMILES string of the molecule is Cc1nc(-c2ccc(-c3ccc(-n4c(C[C@@]5(C(=O)C6CC6)CCNC5)n[nH]c4=O)cc3)cc2)cs1. The lowest BCUT2D eigenvalue weighted by atomic mass is 9.77. The predicted octanol–water partition coefficient (Wildman–Crippen LogP) is 4.16. The number of aromatic amines is 1. The third-order valence-corrected chi connectivity index (χ3v) is 7.98. The third-order valence-electron chi connectivity index (χ3n) is 7.21. The Balaban J connectivity index is 1.26. The standard InChI is InChI=1S/C27H27N5O2S/c1-17-29-23(15-35-17)20-4-2-18(3-5-20)19-8-10-22(11-9-19)32-24(30-31-26(32)34)14-27(12-13-28-16-27)25(33)21-6-7-21/h2-5,8-11,15,21,28H,6-7,12-14,16H2,1H3,(H,31,34)/t27-/m0/s1. The Bertz CT molecular complexity index is 1420. The number of aromatic nitrogens is 4. The summed E-state index contributed by atoms with van der Waals surface area (Å²) in [6.45, 7) is 3.48. The molecule has 0 bridgehead atoms. The molecule has 1 saturated carbocycles. The van der Waals surface area contributed by atoms with Crippen LogP contribution in [0.3, 0.4) is 0 Å². The Morgan fingerprint density at radius 3 is 2.37 bits per heavy atom. The maximum Gasteiger partial charge on any atom is 0.347 e. The smallest absolute Gasteiger partial charge is 0.316 e. The van der Waals surface area contributed by atoms with E-state index >= 15 is 0 Å². The fourth-order valence-corrected chi connectivity index (χ4v) is 5.74. The minimum absolute atomic E-state index is 0.180. The van der Waals surface area contributed by atoms with E-state index in [-0.39, 0.29) is 11.6 Å². The Morgan fingerprint density at radius 2 is 1.77 bits per heavy atom. The van der Waals surface area contributed by atoms with Crippen LogP contribution >= 0.6 is 11.3 Å². The van der Waals surface area contributed by atoms with Gasteiger partial charge in [-0.15, -0.1) is 11.3 Å². The van der Waals surface area contributed by atoms with Crippen LogP contribution in [0.1, 0.15) is 30.1 Å². The predicted molar refractivity (Wildman–Crippen MR) is 137 cm³/mol. The lowest BCUT2D eigenvalue weighted by Crippen LogP contribution is -2.38. The second-order valence-electron chi connectivity index (χ2n) is 9.68. The van der Waals surface area contributed by atoms with Crippen LogP contribution in [-0.4, -0.2) is 38.6 Å². The van der Waals surface area contributed by atoms with Crippen molar-refractivity contribution in [2.75, 3.05) is 13.1 Å². The molecule has 2 aliphatic rings. The lowest BCUT2D eigenvalue weighted by molar-refractivity contribution is -0.129. The topological polar surface area (TPSA) is 92.7 Å². The molecule has 35 heavy (non-hydrogen) atoms. The first kappa shape index (κ1) is 22.1. The number of hydrogen-bond acceptors (Lipinski definition) is 6. The second-order valence-corrected chi connectivity index (χ2v) is 10.7. The summed E-state index contributed by atoms with van der Waals surface area (Å²) in [5.41, 5.74) is 4.25. The summed E-state index contributed by atoms with van der Waals surface area (Å²) in [6, 6.07) is 16.3. The Morgan fingerprint density at radius 1 is 1.09 bits per heavy atom. The van der Waals surface area contributed by atoms with Gasteiger partial charge < -0.3 is 5.32 Å². The molecular weight excluding hydrogens is 458 g/mol. The number of rotatable bonds is 7. The molecule has 0 unspecified atom stereocenters. The zero-order valence-corrected chi connectivity index (χ0v) is 20.4. The monoisotopic (exact) mass is 485 g/mol. The molecule has 2 aromatic heterocycles. The molecule has 1 saturated heterocycles. The van der Waals surface area contributed by atoms with E-state index in [0.717, 1.165) is 58.9 Å². The number of benzene rings is 2. The first-order valence-electron chi connectivity index (χ1n) is 12.1. The Kier molecular flexibility index (Phi) is 5.50. The number of ketones is 1. The van der Waals surface area contributed by atoms with Crippen molar-refractivity contribution in [1.29, 1.82) is 0 Å². The minimum Gasteiger partial charge on any atom is -0.316 e. The summed E-state index contributed by atoms with van der Waals surface area (Å²) in [4.78, 5) is 30.4. The van der Waals surface area contributed by atoms with Gasteiger partial charge in [-0.1, -0.05) is 36.4 Å². The molecule has 0 spiro atoms. The van der Waals surface area contributed by atoms with E-state index in [1.165, 1.54) is 0 Å². The van der Waals surface area contributed by atoms with Crippen molar-refractivity contribution in [2.45, 2.75) is 32.6 Å². The summed E-state index contributed by atoms with van der Waals surface area (Å²) >= 11 is 1.65. The molecule has 0 radical (unpaired) electrons. The number of Topliss-reactive ketones (excluding diaryl/α,β-unsaturated/α-hetero) is 1. The molecular formula is C27H27N5O2S. The first-order chi connectivity index (χ1) is 17.0. The zero-order valence-electron chi connectivity index (χ0n) is 19.6. The fraction of sp³-hybridized carbons (Fsp3) is 0.333. The van der Waals surface area contributed by atoms with Crippen molar-refractivity contribution < 1.29 is 4.79 Å². The van der Waals surface area contributed by atoms with Crippen molar-refractivity contribution >= 4 is 17.1 Å². The van der Waals surface area contributed by atoms with Crippen LogP contribution in [0.4, 0.5) is 0 Å². The molecule has 1 aliphatic heterocycles. The van der Waals surface area contributed by atoms with Gasteiger partial charge in [0.2, 0.25) is 0 Å². The van der Waals surface area contributed by atoms with Gasteiger partial charge in [0.15, 0.2) is 0 Å². The van der Waals surface area contributed by atoms with Crippen LogP contribution in [-0.2, 0) is 11.2 Å². The molecule has 178 valence electrons. The van der Waals surface area contributed by atoms with E-state index < -0.39 is 5.41 Å². The van der Waals surface area contributed by atoms with Gasteiger partial charge in [-0.05, 0) is 56.0 Å². The quantitative estimate of drug-likeness (QED) is 0.410. The van der Waals surface area contributed by atoms with Crippen LogP contribution in [0.15, 0.2) is 58.7 Å². The minimum atomic E-state index is -0.470. The van der Waals surface area contributed by atoms with Crippen LogP contribution < -0.4 is 11.0 Å². The van der Waals surface area contributed by atoms with Gasteiger partial charge in [-0.3, -0.25) is 4.79 Å². The normalized spacial score (nSPS) is 19.8. The average molecular weight is 486 g/mol. The van der Waals surface area contributed by atoms with Gasteiger partial charge in [0, 0.05) is 35.2 Å². The van der Waals surface area contributed by atoms with Crippen molar-refractivity contribution in [3.63, 3.8) is 0 Å². The van der Waals surface area contributed by atoms with E-state index in [1.807, 2.05) is 31.2 Å². The number of nitrogens with zero attached hydrogens (tertiary/aromatic N) is 3. The van der Waals surface area contributed by atoms with Crippen molar-refractivity contribution in [3.05, 3.63) is 75.2 Å². The van der Waals surface area contributed by atoms with Gasteiger partial charge in [-0.2, -0.15) is 5.10 Å². The first-order valence-corrected chi connectivity index (χ1v) is 13.0. The molecule has 3 heterocycles. The fourth-order valence-electron chi connectivity index (χ4n) is 5.12. The van der Waals surface area contributed by atoms with Crippen LogP contribution in [0.5, 0.6) is 0 Å². The van der Waals surface area contributed by atoms with Crippen LogP contribution in [0.2, 0.25) is 0 Å². The lowest BCUT2D eigenvalue weighted by Gasteiger charge is -2.26. The van der Waals surface area contributed by atoms with Gasteiger partial charge in [0.05, 0.1) is 16.4 Å². The Hall–Kier alpha value is -3.36. The number of H-pyrrole nitrogens is 1. The van der Waals surface area contributed by atoms with Crippen molar-refractivity contribution in [3.8, 4) is 28.1 Å². The largest absolute Gasteiger partial charge is 0.347 e. The molecule has 4 aromatic rings. The summed E-state index contributed by atoms with van der Waals surface area (Å²) in [7, 11) is 0. The summed E-state index contributed by atoms with van der Waals surface area (Å²) in [6.07, 6.45) is 3.23. The number of hydrogen-bond donors (Lipinski definition) is 2. The van der Waals surface area contributed by atoms with Gasteiger partial charge in [0.1, 0.15) is 11.6 Å². The number of thiazole rings is 1. The van der Waals surface area contributed by atoms with Crippen LogP contribution in [0.25, 0.3) is 28.1 Å². The number of nitrogens with one attached hydrogen (secondary N) is 2. The molecule has 0 amide bonds. The maximum atomic E-state index is 13.1. The highest BCUT2D eigenvalue weighted by atomic mass is 32.1.